The molecule has 0 saturated heterocycles. The zero-order valence-corrected chi connectivity index (χ0v) is 21.5. The van der Waals surface area contributed by atoms with E-state index in [9.17, 15) is 4.79 Å². The maximum absolute atomic E-state index is 13.0. The van der Waals surface area contributed by atoms with Gasteiger partial charge in [0.25, 0.3) is 5.95 Å². The Kier molecular flexibility index (Phi) is 6.56. The van der Waals surface area contributed by atoms with Crippen LogP contribution in [0.5, 0.6) is 0 Å². The number of rotatable bonds is 6. The average Bonchev–Trinajstić information content (AvgIpc) is 3.31. The van der Waals surface area contributed by atoms with Crippen molar-refractivity contribution < 1.29 is 4.79 Å². The lowest BCUT2D eigenvalue weighted by Crippen LogP contribution is -2.19. The minimum atomic E-state index is -0.123. The van der Waals surface area contributed by atoms with Crippen molar-refractivity contribution in [3.05, 3.63) is 82.1 Å². The summed E-state index contributed by atoms with van der Waals surface area (Å²) in [6, 6.07) is 12.3. The third kappa shape index (κ3) is 5.48. The average molecular weight is 472 g/mol. The van der Waals surface area contributed by atoms with Gasteiger partial charge in [-0.25, -0.2) is 19.3 Å². The number of carbonyl (C=O) groups excluding carboxylic acids is 1. The molecule has 0 saturated carbocycles. The lowest BCUT2D eigenvalue weighted by Gasteiger charge is -2.19. The van der Waals surface area contributed by atoms with E-state index in [2.05, 4.69) is 70.5 Å². The predicted molar refractivity (Wildman–Crippen MR) is 137 cm³/mol. The molecule has 3 heterocycles. The molecular weight excluding hydrogens is 438 g/mol. The Labute approximate surface area is 206 Å². The number of benzene rings is 1. The van der Waals surface area contributed by atoms with Gasteiger partial charge in [-0.2, -0.15) is 10.2 Å². The molecule has 0 aliphatic carbocycles. The maximum Gasteiger partial charge on any atom is 0.251 e. The first-order valence-corrected chi connectivity index (χ1v) is 11.8. The molecule has 182 valence electrons. The topological polar surface area (TPSA) is 90.5 Å². The highest BCUT2D eigenvalue weighted by Crippen LogP contribution is 2.23. The number of nitrogens with one attached hydrogen (secondary N) is 1. The smallest absolute Gasteiger partial charge is 0.251 e. The lowest BCUT2D eigenvalue weighted by molar-refractivity contribution is -0.115. The van der Waals surface area contributed by atoms with Crippen LogP contribution in [0.1, 0.15) is 60.2 Å². The van der Waals surface area contributed by atoms with Crippen molar-refractivity contribution in [3.63, 3.8) is 0 Å². The van der Waals surface area contributed by atoms with Crippen LogP contribution in [0.4, 0.5) is 5.82 Å². The number of nitrogens with zero attached hydrogens (tertiary/aromatic N) is 6. The number of anilines is 1. The van der Waals surface area contributed by atoms with Crippen molar-refractivity contribution in [1.82, 2.24) is 29.5 Å². The minimum Gasteiger partial charge on any atom is -0.311 e. The molecule has 8 nitrogen and oxygen atoms in total. The Hall–Kier alpha value is -3.81. The molecule has 8 heteroatoms. The quantitative estimate of drug-likeness (QED) is 0.443. The Balaban J connectivity index is 1.48. The summed E-state index contributed by atoms with van der Waals surface area (Å²) in [5, 5.41) is 12.0. The number of hydrogen-bond donors (Lipinski definition) is 1. The van der Waals surface area contributed by atoms with Gasteiger partial charge in [0.1, 0.15) is 5.82 Å². The van der Waals surface area contributed by atoms with Crippen LogP contribution in [-0.4, -0.2) is 35.4 Å². The summed E-state index contributed by atoms with van der Waals surface area (Å²) < 4.78 is 3.51. The summed E-state index contributed by atoms with van der Waals surface area (Å²) in [4.78, 5) is 22.0. The third-order valence-corrected chi connectivity index (χ3v) is 6.07. The van der Waals surface area contributed by atoms with Crippen LogP contribution in [-0.2, 0) is 23.2 Å². The van der Waals surface area contributed by atoms with Crippen LogP contribution >= 0.6 is 0 Å². The minimum absolute atomic E-state index is 0.109. The monoisotopic (exact) mass is 471 g/mol. The fourth-order valence-electron chi connectivity index (χ4n) is 4.12. The van der Waals surface area contributed by atoms with E-state index in [1.165, 1.54) is 5.56 Å². The molecule has 4 aromatic rings. The van der Waals surface area contributed by atoms with Crippen molar-refractivity contribution >= 4 is 11.7 Å². The van der Waals surface area contributed by atoms with Gasteiger partial charge >= 0.3 is 0 Å². The van der Waals surface area contributed by atoms with Crippen molar-refractivity contribution in [2.45, 2.75) is 66.8 Å². The van der Waals surface area contributed by atoms with Gasteiger partial charge < -0.3 is 5.32 Å². The molecule has 1 amide bonds. The van der Waals surface area contributed by atoms with E-state index in [0.29, 0.717) is 18.3 Å². The lowest BCUT2D eigenvalue weighted by atomic mass is 9.87. The second-order valence-electron chi connectivity index (χ2n) is 10.1. The fraction of sp³-hybridized carbons (Fsp3) is 0.370. The van der Waals surface area contributed by atoms with Gasteiger partial charge in [0.05, 0.1) is 24.9 Å². The van der Waals surface area contributed by atoms with E-state index in [-0.39, 0.29) is 17.7 Å². The summed E-state index contributed by atoms with van der Waals surface area (Å²) in [5.41, 5.74) is 6.78. The van der Waals surface area contributed by atoms with E-state index in [4.69, 9.17) is 0 Å². The summed E-state index contributed by atoms with van der Waals surface area (Å²) >= 11 is 0. The molecule has 0 bridgehead atoms. The van der Waals surface area contributed by atoms with Crippen LogP contribution in [0.3, 0.4) is 0 Å². The van der Waals surface area contributed by atoms with Gasteiger partial charge in [-0.3, -0.25) is 4.79 Å². The van der Waals surface area contributed by atoms with E-state index in [1.807, 2.05) is 39.8 Å². The van der Waals surface area contributed by atoms with Crippen LogP contribution in [0, 0.1) is 27.7 Å². The summed E-state index contributed by atoms with van der Waals surface area (Å²) in [6.45, 7) is 14.9. The molecule has 0 aliphatic rings. The Morgan fingerprint density at radius 2 is 1.63 bits per heavy atom. The molecular formula is C27H33N7O. The zero-order valence-electron chi connectivity index (χ0n) is 21.5. The van der Waals surface area contributed by atoms with Gasteiger partial charge in [0.2, 0.25) is 5.91 Å². The third-order valence-electron chi connectivity index (χ3n) is 6.07. The molecule has 0 atom stereocenters. The Morgan fingerprint density at radius 1 is 0.971 bits per heavy atom. The molecule has 0 radical (unpaired) electrons. The van der Waals surface area contributed by atoms with Crippen LogP contribution in [0.2, 0.25) is 0 Å². The normalized spacial score (nSPS) is 11.6. The predicted octanol–water partition coefficient (Wildman–Crippen LogP) is 4.62. The first kappa shape index (κ1) is 24.3. The number of aromatic nitrogens is 6. The zero-order chi connectivity index (χ0) is 25.3. The van der Waals surface area contributed by atoms with Gasteiger partial charge in [-0.05, 0) is 50.3 Å². The molecule has 0 unspecified atom stereocenters. The molecule has 0 aliphatic heterocycles. The van der Waals surface area contributed by atoms with Crippen molar-refractivity contribution in [2.75, 3.05) is 5.32 Å². The standard InChI is InChI=1S/C27H33N7O/c1-17-14-18(2)30-26(29-17)34-20(4)23(19(3)32-34)15-25(35)31-24-12-13-28-33(24)16-21-8-10-22(11-9-21)27(5,6)7/h8-14H,15-16H2,1-7H3,(H,31,35). The second-order valence-corrected chi connectivity index (χ2v) is 10.1. The van der Waals surface area contributed by atoms with Gasteiger partial charge in [-0.1, -0.05) is 45.0 Å². The van der Waals surface area contributed by atoms with Crippen LogP contribution in [0.15, 0.2) is 42.6 Å². The molecule has 1 aromatic carbocycles. The fourth-order valence-corrected chi connectivity index (χ4v) is 4.12. The highest BCUT2D eigenvalue weighted by atomic mass is 16.1. The molecule has 4 rings (SSSR count). The molecule has 0 fully saturated rings. The summed E-state index contributed by atoms with van der Waals surface area (Å²) in [6.07, 6.45) is 1.90. The van der Waals surface area contributed by atoms with Crippen LogP contribution in [0.25, 0.3) is 5.95 Å². The summed E-state index contributed by atoms with van der Waals surface area (Å²) in [5.74, 6) is 1.06. The first-order chi connectivity index (χ1) is 16.5. The number of amides is 1. The van der Waals surface area contributed by atoms with E-state index in [1.54, 1.807) is 15.6 Å². The van der Waals surface area contributed by atoms with Crippen molar-refractivity contribution in [1.29, 1.82) is 0 Å². The SMILES string of the molecule is Cc1cc(C)nc(-n2nc(C)c(CC(=O)Nc3ccnn3Cc3ccc(C(C)(C)C)cc3)c2C)n1. The number of aryl methyl sites for hydroxylation is 3. The highest BCUT2D eigenvalue weighted by Gasteiger charge is 2.19. The van der Waals surface area contributed by atoms with E-state index in [0.717, 1.165) is 33.9 Å². The van der Waals surface area contributed by atoms with Gasteiger partial charge in [0, 0.05) is 28.7 Å². The van der Waals surface area contributed by atoms with E-state index >= 15 is 0 Å². The second kappa shape index (κ2) is 9.44. The van der Waals surface area contributed by atoms with Crippen molar-refractivity contribution in [2.24, 2.45) is 0 Å². The molecule has 0 spiro atoms. The highest BCUT2D eigenvalue weighted by molar-refractivity contribution is 5.91. The molecule has 1 N–H and O–H groups in total. The van der Waals surface area contributed by atoms with Gasteiger partial charge in [0.15, 0.2) is 0 Å². The van der Waals surface area contributed by atoms with Crippen molar-refractivity contribution in [3.8, 4) is 5.95 Å². The maximum atomic E-state index is 13.0. The Bertz CT molecular complexity index is 1340. The number of hydrogen-bond acceptors (Lipinski definition) is 5. The first-order valence-electron chi connectivity index (χ1n) is 11.8. The molecule has 35 heavy (non-hydrogen) atoms. The van der Waals surface area contributed by atoms with Crippen LogP contribution < -0.4 is 5.32 Å². The Morgan fingerprint density at radius 3 is 2.26 bits per heavy atom. The largest absolute Gasteiger partial charge is 0.311 e. The summed E-state index contributed by atoms with van der Waals surface area (Å²) in [7, 11) is 0. The van der Waals surface area contributed by atoms with Gasteiger partial charge in [-0.15, -0.1) is 0 Å². The molecule has 3 aromatic heterocycles. The number of carbonyl (C=O) groups is 1. The van der Waals surface area contributed by atoms with E-state index < -0.39 is 0 Å².